The van der Waals surface area contributed by atoms with Crippen LogP contribution in [0.1, 0.15) is 31.2 Å². The smallest absolute Gasteiger partial charge is 0.282 e. The Bertz CT molecular complexity index is 1710. The van der Waals surface area contributed by atoms with E-state index in [0.29, 0.717) is 28.3 Å². The van der Waals surface area contributed by atoms with Gasteiger partial charge in [0.2, 0.25) is 11.9 Å². The summed E-state index contributed by atoms with van der Waals surface area (Å²) in [4.78, 5) is 31.4. The minimum atomic E-state index is -0.260. The molecular weight excluding hydrogens is 480 g/mol. The van der Waals surface area contributed by atoms with E-state index in [1.807, 2.05) is 42.5 Å². The predicted octanol–water partition coefficient (Wildman–Crippen LogP) is 4.83. The van der Waals surface area contributed by atoms with Crippen LogP contribution in [0.25, 0.3) is 33.6 Å². The van der Waals surface area contributed by atoms with Gasteiger partial charge < -0.3 is 15.8 Å². The van der Waals surface area contributed by atoms with E-state index in [4.69, 9.17) is 15.5 Å². The number of nitrogen functional groups attached to an aromatic ring is 1. The van der Waals surface area contributed by atoms with E-state index in [1.165, 1.54) is 16.4 Å². The predicted molar refractivity (Wildman–Crippen MR) is 147 cm³/mol. The number of anilines is 3. The molecule has 10 heteroatoms. The number of hydrogen-bond donors (Lipinski definition) is 3. The molecule has 0 spiro atoms. The number of methoxy groups -OCH3 is 1. The summed E-state index contributed by atoms with van der Waals surface area (Å²) >= 11 is 0. The first-order valence-corrected chi connectivity index (χ1v) is 12.4. The first-order valence-electron chi connectivity index (χ1n) is 12.4. The molecule has 10 nitrogen and oxygen atoms in total. The second-order valence-electron chi connectivity index (χ2n) is 9.02. The van der Waals surface area contributed by atoms with Crippen LogP contribution in [0, 0.1) is 0 Å². The molecule has 4 N–H and O–H groups in total. The molecular formula is C28H26N8O2. The standard InChI is InChI=1S/C28H26N8O2/c1-38-20-14-12-18(13-15-20)22-24(33-28-31-16-30-27(29)34-28)32-25-21(17-8-4-2-5-9-17)23(35-36(25)26(22)37)19-10-6-3-7-11-19/h3,6-8,10-16,35H,2,4-5,9H2,1H3,(H3,29,30,31,33,34). The SMILES string of the molecule is COc1ccc(-c2c(Nc3ncnc(N)n3)nc3c(C4=CCCCC4)c(-c4ccccc4)[nH]n3c2=O)cc1. The number of aromatic amines is 1. The first kappa shape index (κ1) is 23.4. The highest BCUT2D eigenvalue weighted by Crippen LogP contribution is 2.37. The molecule has 0 amide bonds. The van der Waals surface area contributed by atoms with Crippen LogP contribution in [0.4, 0.5) is 17.7 Å². The maximum Gasteiger partial charge on any atom is 0.282 e. The largest absolute Gasteiger partial charge is 0.497 e. The van der Waals surface area contributed by atoms with E-state index in [2.05, 4.69) is 31.4 Å². The molecule has 0 unspecified atom stereocenters. The molecule has 0 atom stereocenters. The molecule has 0 saturated carbocycles. The van der Waals surface area contributed by atoms with Crippen molar-refractivity contribution >= 4 is 28.9 Å². The fourth-order valence-corrected chi connectivity index (χ4v) is 4.84. The van der Waals surface area contributed by atoms with Crippen molar-refractivity contribution in [2.75, 3.05) is 18.2 Å². The van der Waals surface area contributed by atoms with Crippen molar-refractivity contribution < 1.29 is 4.74 Å². The van der Waals surface area contributed by atoms with Gasteiger partial charge in [-0.25, -0.2) is 15.0 Å². The lowest BCUT2D eigenvalue weighted by molar-refractivity contribution is 0.415. The molecule has 2 aromatic carbocycles. The number of nitrogens with zero attached hydrogens (tertiary/aromatic N) is 5. The monoisotopic (exact) mass is 506 g/mol. The van der Waals surface area contributed by atoms with Gasteiger partial charge in [-0.3, -0.25) is 9.89 Å². The van der Waals surface area contributed by atoms with Crippen molar-refractivity contribution in [2.45, 2.75) is 25.7 Å². The number of allylic oxidation sites excluding steroid dienone is 2. The highest BCUT2D eigenvalue weighted by molar-refractivity contribution is 5.89. The fourth-order valence-electron chi connectivity index (χ4n) is 4.84. The van der Waals surface area contributed by atoms with Gasteiger partial charge in [-0.2, -0.15) is 9.50 Å². The Hall–Kier alpha value is -4.99. The van der Waals surface area contributed by atoms with Crippen LogP contribution in [-0.2, 0) is 0 Å². The molecule has 5 aromatic rings. The van der Waals surface area contributed by atoms with Crippen molar-refractivity contribution in [1.29, 1.82) is 0 Å². The quantitative estimate of drug-likeness (QED) is 0.298. The van der Waals surface area contributed by atoms with Crippen molar-refractivity contribution in [3.63, 3.8) is 0 Å². The molecule has 38 heavy (non-hydrogen) atoms. The zero-order valence-corrected chi connectivity index (χ0v) is 20.8. The van der Waals surface area contributed by atoms with Gasteiger partial charge >= 0.3 is 0 Å². The molecule has 1 aliphatic rings. The normalized spacial score (nSPS) is 13.3. The Morgan fingerprint density at radius 3 is 2.50 bits per heavy atom. The van der Waals surface area contributed by atoms with Crippen LogP contribution >= 0.6 is 0 Å². The minimum absolute atomic E-state index is 0.0624. The van der Waals surface area contributed by atoms with Crippen LogP contribution in [0.3, 0.4) is 0 Å². The van der Waals surface area contributed by atoms with E-state index in [1.54, 1.807) is 19.2 Å². The van der Waals surface area contributed by atoms with Crippen LogP contribution in [0.5, 0.6) is 5.75 Å². The maximum absolute atomic E-state index is 14.2. The molecule has 190 valence electrons. The zero-order valence-electron chi connectivity index (χ0n) is 20.8. The number of ether oxygens (including phenoxy) is 1. The van der Waals surface area contributed by atoms with Gasteiger partial charge in [-0.1, -0.05) is 48.5 Å². The average molecular weight is 507 g/mol. The number of benzene rings is 2. The number of H-pyrrole nitrogens is 1. The summed E-state index contributed by atoms with van der Waals surface area (Å²) in [6.07, 6.45) is 7.70. The molecule has 6 rings (SSSR count). The summed E-state index contributed by atoms with van der Waals surface area (Å²) in [6, 6.07) is 17.2. The Morgan fingerprint density at radius 2 is 1.79 bits per heavy atom. The molecule has 3 aromatic heterocycles. The molecule has 0 radical (unpaired) electrons. The number of rotatable bonds is 6. The van der Waals surface area contributed by atoms with E-state index < -0.39 is 0 Å². The molecule has 0 aliphatic heterocycles. The number of fused-ring (bicyclic) bond motifs is 1. The van der Waals surface area contributed by atoms with E-state index in [9.17, 15) is 4.79 Å². The summed E-state index contributed by atoms with van der Waals surface area (Å²) in [5.41, 5.74) is 11.0. The molecule has 0 bridgehead atoms. The van der Waals surface area contributed by atoms with Gasteiger partial charge in [0.15, 0.2) is 5.65 Å². The lowest BCUT2D eigenvalue weighted by Crippen LogP contribution is -2.20. The second kappa shape index (κ2) is 9.81. The highest BCUT2D eigenvalue weighted by Gasteiger charge is 2.24. The molecule has 3 heterocycles. The molecule has 0 fully saturated rings. The minimum Gasteiger partial charge on any atom is -0.497 e. The Balaban J connectivity index is 1.65. The van der Waals surface area contributed by atoms with Crippen molar-refractivity contribution in [3.05, 3.63) is 82.9 Å². The first-order chi connectivity index (χ1) is 18.6. The summed E-state index contributed by atoms with van der Waals surface area (Å²) in [5.74, 6) is 1.26. The van der Waals surface area contributed by atoms with Gasteiger partial charge in [0, 0.05) is 11.1 Å². The van der Waals surface area contributed by atoms with Crippen molar-refractivity contribution in [3.8, 4) is 28.1 Å². The van der Waals surface area contributed by atoms with Gasteiger partial charge in [-0.05, 0) is 49.0 Å². The Labute approximate surface area is 218 Å². The van der Waals surface area contributed by atoms with Crippen molar-refractivity contribution in [1.82, 2.24) is 29.5 Å². The number of hydrogen-bond acceptors (Lipinski definition) is 8. The third-order valence-electron chi connectivity index (χ3n) is 6.65. The van der Waals surface area contributed by atoms with Gasteiger partial charge in [-0.15, -0.1) is 0 Å². The highest BCUT2D eigenvalue weighted by atomic mass is 16.5. The Morgan fingerprint density at radius 1 is 0.974 bits per heavy atom. The van der Waals surface area contributed by atoms with Gasteiger partial charge in [0.1, 0.15) is 17.9 Å². The van der Waals surface area contributed by atoms with Crippen LogP contribution in [0.2, 0.25) is 0 Å². The van der Waals surface area contributed by atoms with Crippen LogP contribution in [0.15, 0.2) is 71.8 Å². The number of nitrogens with one attached hydrogen (secondary N) is 2. The van der Waals surface area contributed by atoms with Gasteiger partial charge in [0.25, 0.3) is 5.56 Å². The maximum atomic E-state index is 14.2. The lowest BCUT2D eigenvalue weighted by atomic mass is 9.92. The third kappa shape index (κ3) is 4.26. The summed E-state index contributed by atoms with van der Waals surface area (Å²) < 4.78 is 6.84. The third-order valence-corrected chi connectivity index (χ3v) is 6.65. The van der Waals surface area contributed by atoms with Crippen molar-refractivity contribution in [2.24, 2.45) is 0 Å². The van der Waals surface area contributed by atoms with Crippen LogP contribution < -0.4 is 21.3 Å². The zero-order chi connectivity index (χ0) is 26.1. The number of nitrogens with two attached hydrogens (primary N) is 1. The number of aromatic nitrogens is 6. The van der Waals surface area contributed by atoms with Gasteiger partial charge in [0.05, 0.1) is 18.4 Å². The molecule has 0 saturated heterocycles. The summed E-state index contributed by atoms with van der Waals surface area (Å²) in [6.45, 7) is 0. The van der Waals surface area contributed by atoms with E-state index in [0.717, 1.165) is 42.5 Å². The average Bonchev–Trinajstić information content (AvgIpc) is 3.34. The lowest BCUT2D eigenvalue weighted by Gasteiger charge is -2.14. The summed E-state index contributed by atoms with van der Waals surface area (Å²) in [7, 11) is 1.60. The van der Waals surface area contributed by atoms with E-state index in [-0.39, 0.29) is 17.5 Å². The topological polar surface area (TPSA) is 136 Å². The second-order valence-corrected chi connectivity index (χ2v) is 9.02. The van der Waals surface area contributed by atoms with E-state index >= 15 is 0 Å². The van der Waals surface area contributed by atoms with Crippen LogP contribution in [-0.4, -0.2) is 36.7 Å². The Kier molecular flexibility index (Phi) is 6.04. The summed E-state index contributed by atoms with van der Waals surface area (Å²) in [5, 5.41) is 6.49. The fraction of sp³-hybridized carbons (Fsp3) is 0.179. The molecule has 1 aliphatic carbocycles.